The third kappa shape index (κ3) is 5.03. The fourth-order valence-electron chi connectivity index (χ4n) is 2.50. The van der Waals surface area contributed by atoms with Gasteiger partial charge in [0.15, 0.2) is 0 Å². The molecule has 104 valence electrons. The summed E-state index contributed by atoms with van der Waals surface area (Å²) in [5.41, 5.74) is 2.41. The summed E-state index contributed by atoms with van der Waals surface area (Å²) in [6.45, 7) is 4.92. The highest BCUT2D eigenvalue weighted by molar-refractivity contribution is 5.75. The maximum atomic E-state index is 11.8. The Hall–Kier alpha value is -1.35. The first-order valence-electron chi connectivity index (χ1n) is 7.27. The van der Waals surface area contributed by atoms with Crippen LogP contribution in [0.15, 0.2) is 24.3 Å². The molecule has 0 radical (unpaired) electrons. The van der Waals surface area contributed by atoms with E-state index in [1.807, 2.05) is 0 Å². The summed E-state index contributed by atoms with van der Waals surface area (Å²) in [5, 5.41) is 6.39. The molecule has 1 aliphatic rings. The Kier molecular flexibility index (Phi) is 5.40. The van der Waals surface area contributed by atoms with Crippen LogP contribution < -0.4 is 10.6 Å². The molecule has 1 heterocycles. The van der Waals surface area contributed by atoms with E-state index >= 15 is 0 Å². The van der Waals surface area contributed by atoms with Crippen molar-refractivity contribution in [1.29, 1.82) is 0 Å². The van der Waals surface area contributed by atoms with Crippen LogP contribution in [0.1, 0.15) is 36.8 Å². The number of amides is 1. The van der Waals surface area contributed by atoms with Crippen LogP contribution >= 0.6 is 0 Å². The van der Waals surface area contributed by atoms with Crippen molar-refractivity contribution in [2.45, 2.75) is 39.2 Å². The van der Waals surface area contributed by atoms with Crippen molar-refractivity contribution in [2.24, 2.45) is 5.92 Å². The van der Waals surface area contributed by atoms with E-state index in [1.165, 1.54) is 24.0 Å². The van der Waals surface area contributed by atoms with Gasteiger partial charge in [-0.3, -0.25) is 4.79 Å². The van der Waals surface area contributed by atoms with Crippen LogP contribution in [-0.2, 0) is 11.3 Å². The molecule has 1 atom stereocenters. The molecule has 2 N–H and O–H groups in total. The zero-order valence-corrected chi connectivity index (χ0v) is 11.7. The van der Waals surface area contributed by atoms with Crippen molar-refractivity contribution < 1.29 is 4.79 Å². The van der Waals surface area contributed by atoms with E-state index in [-0.39, 0.29) is 5.91 Å². The largest absolute Gasteiger partial charge is 0.352 e. The normalized spacial score (nSPS) is 19.1. The van der Waals surface area contributed by atoms with E-state index in [4.69, 9.17) is 0 Å². The Balaban J connectivity index is 1.65. The zero-order chi connectivity index (χ0) is 13.5. The van der Waals surface area contributed by atoms with Gasteiger partial charge in [0.2, 0.25) is 5.91 Å². The van der Waals surface area contributed by atoms with E-state index in [1.54, 1.807) is 0 Å². The highest BCUT2D eigenvalue weighted by Gasteiger charge is 2.14. The lowest BCUT2D eigenvalue weighted by atomic mass is 9.94. The third-order valence-electron chi connectivity index (χ3n) is 3.79. The van der Waals surface area contributed by atoms with Gasteiger partial charge in [-0.05, 0) is 50.8 Å². The summed E-state index contributed by atoms with van der Waals surface area (Å²) < 4.78 is 0. The summed E-state index contributed by atoms with van der Waals surface area (Å²) in [6.07, 6.45) is 4.17. The lowest BCUT2D eigenvalue weighted by Gasteiger charge is -2.22. The second-order valence-electron chi connectivity index (χ2n) is 5.51. The molecule has 1 aromatic carbocycles. The molecule has 1 aromatic rings. The van der Waals surface area contributed by atoms with Crippen molar-refractivity contribution >= 4 is 5.91 Å². The Labute approximate surface area is 115 Å². The van der Waals surface area contributed by atoms with Crippen LogP contribution in [-0.4, -0.2) is 19.0 Å². The molecule has 1 unspecified atom stereocenters. The van der Waals surface area contributed by atoms with E-state index in [0.717, 1.165) is 19.5 Å². The van der Waals surface area contributed by atoms with Gasteiger partial charge >= 0.3 is 0 Å². The molecule has 2 rings (SSSR count). The number of piperidine rings is 1. The molecule has 0 spiro atoms. The van der Waals surface area contributed by atoms with Crippen LogP contribution in [0.4, 0.5) is 0 Å². The monoisotopic (exact) mass is 260 g/mol. The molecular weight excluding hydrogens is 236 g/mol. The number of carbonyl (C=O) groups excluding carboxylic acids is 1. The number of rotatable bonds is 5. The third-order valence-corrected chi connectivity index (χ3v) is 3.79. The minimum atomic E-state index is 0.172. The van der Waals surface area contributed by atoms with Crippen LogP contribution in [0.5, 0.6) is 0 Å². The maximum absolute atomic E-state index is 11.8. The molecule has 3 heteroatoms. The predicted octanol–water partition coefficient (Wildman–Crippen LogP) is 2.39. The van der Waals surface area contributed by atoms with Gasteiger partial charge in [-0.1, -0.05) is 29.8 Å². The van der Waals surface area contributed by atoms with Crippen LogP contribution in [0.25, 0.3) is 0 Å². The van der Waals surface area contributed by atoms with Crippen molar-refractivity contribution in [2.75, 3.05) is 13.1 Å². The lowest BCUT2D eigenvalue weighted by Crippen LogP contribution is -2.31. The highest BCUT2D eigenvalue weighted by atomic mass is 16.1. The van der Waals surface area contributed by atoms with Gasteiger partial charge in [-0.25, -0.2) is 0 Å². The van der Waals surface area contributed by atoms with Gasteiger partial charge in [0, 0.05) is 13.0 Å². The van der Waals surface area contributed by atoms with Gasteiger partial charge in [0.1, 0.15) is 0 Å². The van der Waals surface area contributed by atoms with Crippen molar-refractivity contribution in [3.63, 3.8) is 0 Å². The van der Waals surface area contributed by atoms with E-state index in [2.05, 4.69) is 41.8 Å². The Morgan fingerprint density at radius 2 is 2.16 bits per heavy atom. The number of benzene rings is 1. The second-order valence-corrected chi connectivity index (χ2v) is 5.51. The number of hydrogen-bond acceptors (Lipinski definition) is 2. The summed E-state index contributed by atoms with van der Waals surface area (Å²) in [7, 11) is 0. The molecule has 0 bridgehead atoms. The number of aryl methyl sites for hydroxylation is 1. The topological polar surface area (TPSA) is 41.1 Å². The first-order chi connectivity index (χ1) is 9.24. The minimum Gasteiger partial charge on any atom is -0.352 e. The number of hydrogen-bond donors (Lipinski definition) is 2. The minimum absolute atomic E-state index is 0.172. The summed E-state index contributed by atoms with van der Waals surface area (Å²) in [4.78, 5) is 11.8. The molecule has 0 aromatic heterocycles. The summed E-state index contributed by atoms with van der Waals surface area (Å²) >= 11 is 0. The molecule has 3 nitrogen and oxygen atoms in total. The smallest absolute Gasteiger partial charge is 0.220 e. The van der Waals surface area contributed by atoms with Crippen molar-refractivity contribution in [3.8, 4) is 0 Å². The first kappa shape index (κ1) is 14.1. The fraction of sp³-hybridized carbons (Fsp3) is 0.562. The van der Waals surface area contributed by atoms with Crippen LogP contribution in [0.3, 0.4) is 0 Å². The van der Waals surface area contributed by atoms with Crippen LogP contribution in [0, 0.1) is 12.8 Å². The van der Waals surface area contributed by atoms with Crippen molar-refractivity contribution in [1.82, 2.24) is 10.6 Å². The molecule has 19 heavy (non-hydrogen) atoms. The quantitative estimate of drug-likeness (QED) is 0.853. The molecule has 1 amide bonds. The molecule has 0 aliphatic carbocycles. The van der Waals surface area contributed by atoms with E-state index in [0.29, 0.717) is 18.9 Å². The SMILES string of the molecule is Cc1ccc(CNC(=O)CCC2CCCNC2)cc1. The molecule has 1 aliphatic heterocycles. The van der Waals surface area contributed by atoms with Crippen LogP contribution in [0.2, 0.25) is 0 Å². The van der Waals surface area contributed by atoms with Gasteiger partial charge in [0.05, 0.1) is 0 Å². The molecule has 1 saturated heterocycles. The molecule has 0 saturated carbocycles. The standard InChI is InChI=1S/C16H24N2O/c1-13-4-6-15(7-5-13)12-18-16(19)9-8-14-3-2-10-17-11-14/h4-7,14,17H,2-3,8-12H2,1H3,(H,18,19). The van der Waals surface area contributed by atoms with Gasteiger partial charge in [-0.15, -0.1) is 0 Å². The first-order valence-corrected chi connectivity index (χ1v) is 7.27. The van der Waals surface area contributed by atoms with E-state index < -0.39 is 0 Å². The Morgan fingerprint density at radius 3 is 2.84 bits per heavy atom. The number of nitrogens with one attached hydrogen (secondary N) is 2. The van der Waals surface area contributed by atoms with Crippen molar-refractivity contribution in [3.05, 3.63) is 35.4 Å². The Bertz CT molecular complexity index is 394. The van der Waals surface area contributed by atoms with Gasteiger partial charge in [-0.2, -0.15) is 0 Å². The molecule has 1 fully saturated rings. The second kappa shape index (κ2) is 7.29. The highest BCUT2D eigenvalue weighted by Crippen LogP contribution is 2.15. The Morgan fingerprint density at radius 1 is 1.37 bits per heavy atom. The fourth-order valence-corrected chi connectivity index (χ4v) is 2.50. The average molecular weight is 260 g/mol. The average Bonchev–Trinajstić information content (AvgIpc) is 2.45. The van der Waals surface area contributed by atoms with Gasteiger partial charge in [0.25, 0.3) is 0 Å². The van der Waals surface area contributed by atoms with E-state index in [9.17, 15) is 4.79 Å². The summed E-state index contributed by atoms with van der Waals surface area (Å²) in [5.74, 6) is 0.852. The predicted molar refractivity (Wildman–Crippen MR) is 77.9 cm³/mol. The summed E-state index contributed by atoms with van der Waals surface area (Å²) in [6, 6.07) is 8.30. The zero-order valence-electron chi connectivity index (χ0n) is 11.7. The number of carbonyl (C=O) groups is 1. The lowest BCUT2D eigenvalue weighted by molar-refractivity contribution is -0.121. The van der Waals surface area contributed by atoms with Gasteiger partial charge < -0.3 is 10.6 Å². The molecular formula is C16H24N2O. The maximum Gasteiger partial charge on any atom is 0.220 e.